The molecule has 2 rings (SSSR count). The Hall–Kier alpha value is -0.220. The lowest BCUT2D eigenvalue weighted by Gasteiger charge is -2.27. The maximum Gasteiger partial charge on any atom is 0.323 e. The second-order valence-electron chi connectivity index (χ2n) is 5.97. The minimum Gasteiger partial charge on any atom is -0.465 e. The van der Waals surface area contributed by atoms with Crippen molar-refractivity contribution in [3.8, 4) is 0 Å². The normalized spacial score (nSPS) is 28.9. The van der Waals surface area contributed by atoms with Gasteiger partial charge in [-0.25, -0.2) is 0 Å². The summed E-state index contributed by atoms with van der Waals surface area (Å²) in [4.78, 5) is 11.9. The Morgan fingerprint density at radius 3 is 2.79 bits per heavy atom. The fourth-order valence-corrected chi connectivity index (χ4v) is 4.22. The summed E-state index contributed by atoms with van der Waals surface area (Å²) >= 11 is 1.97. The van der Waals surface area contributed by atoms with Crippen molar-refractivity contribution in [2.45, 2.75) is 69.7 Å². The molecule has 2 aliphatic carbocycles. The van der Waals surface area contributed by atoms with Gasteiger partial charge in [0.25, 0.3) is 0 Å². The number of esters is 1. The van der Waals surface area contributed by atoms with E-state index in [0.29, 0.717) is 12.6 Å². The van der Waals surface area contributed by atoms with E-state index in [1.54, 1.807) is 0 Å². The molecule has 3 nitrogen and oxygen atoms in total. The van der Waals surface area contributed by atoms with E-state index >= 15 is 0 Å². The Morgan fingerprint density at radius 1 is 1.37 bits per heavy atom. The van der Waals surface area contributed by atoms with E-state index < -0.39 is 0 Å². The Morgan fingerprint density at radius 2 is 2.16 bits per heavy atom. The molecule has 0 saturated heterocycles. The molecule has 0 aromatic carbocycles. The zero-order valence-corrected chi connectivity index (χ0v) is 13.0. The summed E-state index contributed by atoms with van der Waals surface area (Å²) in [5, 5.41) is 4.17. The van der Waals surface area contributed by atoms with Gasteiger partial charge in [-0.05, 0) is 38.5 Å². The maximum absolute atomic E-state index is 11.9. The Bertz CT molecular complexity index is 294. The van der Waals surface area contributed by atoms with E-state index in [9.17, 15) is 4.79 Å². The van der Waals surface area contributed by atoms with Crippen LogP contribution in [0.5, 0.6) is 0 Å². The Kier molecular flexibility index (Phi) is 6.02. The van der Waals surface area contributed by atoms with Crippen LogP contribution in [0, 0.1) is 5.92 Å². The van der Waals surface area contributed by atoms with Gasteiger partial charge < -0.3 is 10.1 Å². The quantitative estimate of drug-likeness (QED) is 0.730. The fourth-order valence-electron chi connectivity index (χ4n) is 2.72. The van der Waals surface area contributed by atoms with Crippen molar-refractivity contribution in [1.29, 1.82) is 0 Å². The average Bonchev–Trinajstić information content (AvgIpc) is 3.18. The molecule has 0 aliphatic heterocycles. The molecular weight excluding hydrogens is 258 g/mol. The van der Waals surface area contributed by atoms with Crippen LogP contribution in [0.3, 0.4) is 0 Å². The molecule has 3 atom stereocenters. The van der Waals surface area contributed by atoms with Crippen LogP contribution in [-0.4, -0.2) is 35.7 Å². The largest absolute Gasteiger partial charge is 0.465 e. The third-order valence-corrected chi connectivity index (χ3v) is 5.40. The van der Waals surface area contributed by atoms with Gasteiger partial charge in [-0.15, -0.1) is 0 Å². The number of hydrogen-bond acceptors (Lipinski definition) is 4. The number of thioether (sulfide) groups is 1. The van der Waals surface area contributed by atoms with Crippen LogP contribution in [0.2, 0.25) is 0 Å². The smallest absolute Gasteiger partial charge is 0.323 e. The topological polar surface area (TPSA) is 38.3 Å². The SMILES string of the molecule is CCOC(=O)C(CSC1CCCC(C)C1)NC1CC1. The molecule has 0 heterocycles. The number of carbonyl (C=O) groups is 1. The zero-order chi connectivity index (χ0) is 13.7. The van der Waals surface area contributed by atoms with Gasteiger partial charge in [0.15, 0.2) is 0 Å². The van der Waals surface area contributed by atoms with Crippen molar-refractivity contribution in [3.63, 3.8) is 0 Å². The predicted octanol–water partition coefficient (Wildman–Crippen LogP) is 2.98. The molecular formula is C15H27NO2S. The summed E-state index contributed by atoms with van der Waals surface area (Å²) in [6.07, 6.45) is 7.76. The van der Waals surface area contributed by atoms with Crippen molar-refractivity contribution in [2.24, 2.45) is 5.92 Å². The van der Waals surface area contributed by atoms with E-state index in [2.05, 4.69) is 12.2 Å². The van der Waals surface area contributed by atoms with Gasteiger partial charge in [0.05, 0.1) is 6.61 Å². The lowest BCUT2D eigenvalue weighted by Crippen LogP contribution is -2.42. The molecule has 0 amide bonds. The first kappa shape index (κ1) is 15.2. The molecule has 3 unspecified atom stereocenters. The van der Waals surface area contributed by atoms with E-state index in [1.807, 2.05) is 18.7 Å². The molecule has 4 heteroatoms. The number of rotatable bonds is 7. The minimum absolute atomic E-state index is 0.0641. The molecule has 110 valence electrons. The highest BCUT2D eigenvalue weighted by Crippen LogP contribution is 2.32. The molecule has 0 spiro atoms. The molecule has 2 saturated carbocycles. The number of carbonyl (C=O) groups excluding carboxylic acids is 1. The molecule has 2 fully saturated rings. The molecule has 19 heavy (non-hydrogen) atoms. The predicted molar refractivity (Wildman–Crippen MR) is 80.5 cm³/mol. The van der Waals surface area contributed by atoms with Crippen LogP contribution in [0.15, 0.2) is 0 Å². The van der Waals surface area contributed by atoms with E-state index in [1.165, 1.54) is 38.5 Å². The van der Waals surface area contributed by atoms with Crippen LogP contribution in [0.25, 0.3) is 0 Å². The standard InChI is InChI=1S/C15H27NO2S/c1-3-18-15(17)14(16-12-7-8-12)10-19-13-6-4-5-11(2)9-13/h11-14,16H,3-10H2,1-2H3. The van der Waals surface area contributed by atoms with Crippen LogP contribution >= 0.6 is 11.8 Å². The summed E-state index contributed by atoms with van der Waals surface area (Å²) in [6.45, 7) is 4.70. The van der Waals surface area contributed by atoms with Crippen molar-refractivity contribution in [3.05, 3.63) is 0 Å². The second kappa shape index (κ2) is 7.53. The molecule has 0 aromatic heterocycles. The summed E-state index contributed by atoms with van der Waals surface area (Å²) < 4.78 is 5.18. The van der Waals surface area contributed by atoms with Crippen molar-refractivity contribution < 1.29 is 9.53 Å². The van der Waals surface area contributed by atoms with Crippen LogP contribution in [0.1, 0.15) is 52.4 Å². The van der Waals surface area contributed by atoms with Gasteiger partial charge in [-0.1, -0.05) is 19.8 Å². The van der Waals surface area contributed by atoms with Gasteiger partial charge in [0, 0.05) is 17.0 Å². The van der Waals surface area contributed by atoms with E-state index in [0.717, 1.165) is 16.9 Å². The number of hydrogen-bond donors (Lipinski definition) is 1. The highest BCUT2D eigenvalue weighted by molar-refractivity contribution is 7.99. The lowest BCUT2D eigenvalue weighted by molar-refractivity contribution is -0.145. The molecule has 2 aliphatic rings. The fraction of sp³-hybridized carbons (Fsp3) is 0.933. The molecule has 1 N–H and O–H groups in total. The Labute approximate surface area is 121 Å². The first-order valence-electron chi connectivity index (χ1n) is 7.73. The van der Waals surface area contributed by atoms with Crippen molar-refractivity contribution in [1.82, 2.24) is 5.32 Å². The van der Waals surface area contributed by atoms with Gasteiger partial charge in [0.1, 0.15) is 6.04 Å². The first-order chi connectivity index (χ1) is 9.19. The third kappa shape index (κ3) is 5.35. The molecule has 0 bridgehead atoms. The highest BCUT2D eigenvalue weighted by Gasteiger charge is 2.30. The van der Waals surface area contributed by atoms with Gasteiger partial charge in [-0.2, -0.15) is 11.8 Å². The molecule has 0 aromatic rings. The second-order valence-corrected chi connectivity index (χ2v) is 7.31. The van der Waals surface area contributed by atoms with Gasteiger partial charge in [-0.3, -0.25) is 4.79 Å². The van der Waals surface area contributed by atoms with Gasteiger partial charge >= 0.3 is 5.97 Å². The number of ether oxygens (including phenoxy) is 1. The van der Waals surface area contributed by atoms with Crippen molar-refractivity contribution in [2.75, 3.05) is 12.4 Å². The first-order valence-corrected chi connectivity index (χ1v) is 8.78. The summed E-state index contributed by atoms with van der Waals surface area (Å²) in [5.41, 5.74) is 0. The van der Waals surface area contributed by atoms with Crippen LogP contribution in [0.4, 0.5) is 0 Å². The van der Waals surface area contributed by atoms with Crippen molar-refractivity contribution >= 4 is 17.7 Å². The highest BCUT2D eigenvalue weighted by atomic mass is 32.2. The van der Waals surface area contributed by atoms with Gasteiger partial charge in [0.2, 0.25) is 0 Å². The number of nitrogens with one attached hydrogen (secondary N) is 1. The maximum atomic E-state index is 11.9. The lowest BCUT2D eigenvalue weighted by atomic mass is 9.91. The van der Waals surface area contributed by atoms with Crippen LogP contribution < -0.4 is 5.32 Å². The minimum atomic E-state index is -0.102. The van der Waals surface area contributed by atoms with Crippen LogP contribution in [-0.2, 0) is 9.53 Å². The van der Waals surface area contributed by atoms with E-state index in [4.69, 9.17) is 4.74 Å². The molecule has 0 radical (unpaired) electrons. The summed E-state index contributed by atoms with van der Waals surface area (Å²) in [7, 11) is 0. The average molecular weight is 285 g/mol. The third-order valence-electron chi connectivity index (χ3n) is 3.97. The zero-order valence-electron chi connectivity index (χ0n) is 12.2. The summed E-state index contributed by atoms with van der Waals surface area (Å²) in [5.74, 6) is 1.65. The summed E-state index contributed by atoms with van der Waals surface area (Å²) in [6, 6.07) is 0.454. The monoisotopic (exact) mass is 285 g/mol. The Balaban J connectivity index is 1.76. The van der Waals surface area contributed by atoms with E-state index in [-0.39, 0.29) is 12.0 Å².